The first kappa shape index (κ1) is 40.7. The van der Waals surface area contributed by atoms with Gasteiger partial charge in [-0.1, -0.05) is 6.92 Å². The van der Waals surface area contributed by atoms with E-state index in [2.05, 4.69) is 37.9 Å². The van der Waals surface area contributed by atoms with Crippen LogP contribution in [0.4, 0.5) is 24.5 Å². The normalized spacial score (nSPS) is 23.1. The predicted octanol–water partition coefficient (Wildman–Crippen LogP) is 5.21. The molecule has 0 saturated carbocycles. The van der Waals surface area contributed by atoms with Gasteiger partial charge in [0.1, 0.15) is 17.8 Å². The topological polar surface area (TPSA) is 163 Å². The zero-order valence-electron chi connectivity index (χ0n) is 33.6. The number of nitrogens with one attached hydrogen (secondary N) is 3. The third kappa shape index (κ3) is 8.48. The van der Waals surface area contributed by atoms with Crippen molar-refractivity contribution in [3.05, 3.63) is 88.2 Å². The molecule has 4 amide bonds. The van der Waals surface area contributed by atoms with Crippen molar-refractivity contribution in [2.45, 2.75) is 70.5 Å². The number of rotatable bonds is 6. The third-order valence-corrected chi connectivity index (χ3v) is 11.6. The number of alkyl halides is 1. The van der Waals surface area contributed by atoms with Crippen LogP contribution in [0.15, 0.2) is 53.7 Å². The van der Waals surface area contributed by atoms with Gasteiger partial charge in [-0.15, -0.1) is 0 Å². The number of amides is 4. The van der Waals surface area contributed by atoms with Gasteiger partial charge in [-0.25, -0.2) is 17.9 Å². The summed E-state index contributed by atoms with van der Waals surface area (Å²) in [6, 6.07) is 10.1. The number of benzene rings is 2. The highest BCUT2D eigenvalue weighted by molar-refractivity contribution is 6.19. The van der Waals surface area contributed by atoms with Gasteiger partial charge in [0.2, 0.25) is 23.7 Å². The van der Waals surface area contributed by atoms with Gasteiger partial charge in [-0.3, -0.25) is 34.4 Å². The number of halogens is 3. The number of ether oxygens (including phenoxy) is 1. The fourth-order valence-electron chi connectivity index (χ4n) is 8.40. The van der Waals surface area contributed by atoms with Crippen molar-refractivity contribution in [1.29, 1.82) is 0 Å². The molecule has 14 nitrogen and oxygen atoms in total. The lowest BCUT2D eigenvalue weighted by Crippen LogP contribution is -2.52. The maximum Gasteiger partial charge on any atom is 0.280 e. The number of aliphatic imine (C=N–C) groups is 1. The largest absolute Gasteiger partial charge is 0.477 e. The second kappa shape index (κ2) is 16.9. The van der Waals surface area contributed by atoms with E-state index in [0.29, 0.717) is 89.5 Å². The first-order valence-electron chi connectivity index (χ1n) is 20.3. The molecule has 0 spiro atoms. The number of anilines is 2. The number of pyridine rings is 1. The zero-order chi connectivity index (χ0) is 42.2. The van der Waals surface area contributed by atoms with E-state index >= 15 is 13.2 Å². The van der Waals surface area contributed by atoms with Crippen LogP contribution in [-0.2, 0) is 23.1 Å². The van der Waals surface area contributed by atoms with Crippen LogP contribution in [0, 0.1) is 24.5 Å². The Morgan fingerprint density at radius 3 is 2.58 bits per heavy atom. The summed E-state index contributed by atoms with van der Waals surface area (Å²) in [4.78, 5) is 64.1. The fourth-order valence-corrected chi connectivity index (χ4v) is 8.40. The van der Waals surface area contributed by atoms with Crippen molar-refractivity contribution in [2.24, 2.45) is 18.0 Å². The number of hydrogen-bond acceptors (Lipinski definition) is 10. The molecule has 4 atom stereocenters. The molecule has 2 fully saturated rings. The summed E-state index contributed by atoms with van der Waals surface area (Å²) in [5.74, 6) is -3.88. The van der Waals surface area contributed by atoms with Crippen LogP contribution in [0.1, 0.15) is 82.5 Å². The summed E-state index contributed by atoms with van der Waals surface area (Å²) in [6.45, 7) is 5.64. The van der Waals surface area contributed by atoms with E-state index in [9.17, 15) is 19.2 Å². The Hall–Kier alpha value is -6.10. The van der Waals surface area contributed by atoms with E-state index in [1.165, 1.54) is 12.1 Å². The maximum absolute atomic E-state index is 15.6. The number of nitrogens with zero attached hydrogens (tertiary/aromatic N) is 6. The third-order valence-electron chi connectivity index (χ3n) is 11.6. The number of fused-ring (bicyclic) bond motifs is 7. The van der Waals surface area contributed by atoms with Crippen LogP contribution in [0.2, 0.25) is 0 Å². The highest BCUT2D eigenvalue weighted by Crippen LogP contribution is 2.36. The van der Waals surface area contributed by atoms with Crippen LogP contribution in [-0.4, -0.2) is 94.3 Å². The number of carbonyl (C=O) groups excluding carboxylic acids is 4. The van der Waals surface area contributed by atoms with Crippen LogP contribution >= 0.6 is 0 Å². The minimum Gasteiger partial charge on any atom is -0.477 e. The van der Waals surface area contributed by atoms with Crippen molar-refractivity contribution < 1.29 is 37.1 Å². The second-order valence-electron chi connectivity index (χ2n) is 16.1. The van der Waals surface area contributed by atoms with E-state index in [0.717, 1.165) is 12.8 Å². The van der Waals surface area contributed by atoms with Gasteiger partial charge in [0.25, 0.3) is 11.8 Å². The maximum atomic E-state index is 15.6. The highest BCUT2D eigenvalue weighted by Gasteiger charge is 2.35. The number of hydrogen-bond donors (Lipinski definition) is 3. The summed E-state index contributed by atoms with van der Waals surface area (Å²) in [5, 5.41) is 12.6. The fraction of sp³-hybridized carbons (Fsp3) is 0.419. The molecular weight excluding hydrogens is 780 g/mol. The second-order valence-corrected chi connectivity index (χ2v) is 16.1. The standard InChI is InChI=1S/C43H46F3N9O5/c1-23-5-4-14-60-42-29(20-47-53(42)3)35-18-27(15-24(2)48-35)40(58)52-43-50-34-8-6-26(19-36(34)55(43)21-23)39(57)49-33-11-13-54(22-32(33)46)12-10-25-16-30(44)38(31(45)17-25)28-7-9-37(56)51-41(28)59/h6,8,15-20,23,28,32-33H,4-5,7,9-14,21-22H2,1-3H3,(H,49,57)(H,50,52,58)(H,51,56,59)/t23-,28-,32-,33-/m1/s1. The number of piperidine rings is 2. The van der Waals surface area contributed by atoms with Crippen LogP contribution < -0.4 is 25.6 Å². The van der Waals surface area contributed by atoms with Crippen molar-refractivity contribution in [3.8, 4) is 17.1 Å². The predicted molar refractivity (Wildman–Crippen MR) is 217 cm³/mol. The first-order valence-corrected chi connectivity index (χ1v) is 20.3. The SMILES string of the molecule is Cc1cc2cc(n1)-c1cnn(C)c1OCCC[C@@H](C)CN1/C(=N/C2=O)Nc2ccc(C(=O)N[C@@H]3CCN(CCc4cc(F)c([C@H]5CCC(=O)NC5=O)c(F)c4)C[C@H]3F)cc21. The summed E-state index contributed by atoms with van der Waals surface area (Å²) < 4.78 is 53.6. The average Bonchev–Trinajstić information content (AvgIpc) is 3.74. The molecule has 0 unspecified atom stereocenters. The lowest BCUT2D eigenvalue weighted by Gasteiger charge is -2.35. The summed E-state index contributed by atoms with van der Waals surface area (Å²) in [7, 11) is 1.79. The molecule has 0 radical (unpaired) electrons. The monoisotopic (exact) mass is 825 g/mol. The summed E-state index contributed by atoms with van der Waals surface area (Å²) in [6.07, 6.45) is 2.41. The average molecular weight is 826 g/mol. The molecule has 4 aliphatic rings. The zero-order valence-corrected chi connectivity index (χ0v) is 33.6. The van der Waals surface area contributed by atoms with Crippen LogP contribution in [0.5, 0.6) is 5.88 Å². The minimum absolute atomic E-state index is 0.000639. The molecule has 6 heterocycles. The van der Waals surface area contributed by atoms with Crippen molar-refractivity contribution in [1.82, 2.24) is 30.3 Å². The Morgan fingerprint density at radius 1 is 1.02 bits per heavy atom. The molecule has 60 heavy (non-hydrogen) atoms. The van der Waals surface area contributed by atoms with E-state index < -0.39 is 53.4 Å². The molecule has 314 valence electrons. The molecule has 17 heteroatoms. The Balaban J connectivity index is 0.926. The lowest BCUT2D eigenvalue weighted by atomic mass is 9.89. The van der Waals surface area contributed by atoms with Crippen molar-refractivity contribution in [2.75, 3.05) is 43.0 Å². The smallest absolute Gasteiger partial charge is 0.280 e. The Labute approximate surface area is 344 Å². The molecule has 2 bridgehead atoms. The van der Waals surface area contributed by atoms with Gasteiger partial charge in [-0.2, -0.15) is 10.1 Å². The summed E-state index contributed by atoms with van der Waals surface area (Å²) >= 11 is 0. The summed E-state index contributed by atoms with van der Waals surface area (Å²) in [5.41, 5.74) is 3.86. The highest BCUT2D eigenvalue weighted by atomic mass is 19.1. The van der Waals surface area contributed by atoms with Gasteiger partial charge in [0, 0.05) is 62.0 Å². The van der Waals surface area contributed by atoms with Crippen LogP contribution in [0.3, 0.4) is 0 Å². The van der Waals surface area contributed by atoms with Crippen molar-refractivity contribution >= 4 is 41.0 Å². The van der Waals surface area contributed by atoms with E-state index in [4.69, 9.17) is 4.74 Å². The van der Waals surface area contributed by atoms with Gasteiger partial charge in [0.15, 0.2) is 0 Å². The number of imide groups is 1. The number of likely N-dealkylation sites (tertiary alicyclic amines) is 1. The Bertz CT molecular complexity index is 2380. The molecule has 8 rings (SSSR count). The van der Waals surface area contributed by atoms with E-state index in [1.807, 2.05) is 9.80 Å². The molecule has 4 aromatic rings. The molecule has 4 aliphatic heterocycles. The molecule has 3 N–H and O–H groups in total. The Kier molecular flexibility index (Phi) is 11.4. The first-order chi connectivity index (χ1) is 28.8. The number of guanidine groups is 1. The van der Waals surface area contributed by atoms with Gasteiger partial charge < -0.3 is 20.3 Å². The van der Waals surface area contributed by atoms with E-state index in [1.54, 1.807) is 55.2 Å². The van der Waals surface area contributed by atoms with Crippen molar-refractivity contribution in [3.63, 3.8) is 0 Å². The molecule has 0 aliphatic carbocycles. The quantitative estimate of drug-likeness (QED) is 0.220. The van der Waals surface area contributed by atoms with E-state index in [-0.39, 0.29) is 37.3 Å². The van der Waals surface area contributed by atoms with Gasteiger partial charge >= 0.3 is 0 Å². The number of carbonyl (C=O) groups is 4. The molecule has 2 saturated heterocycles. The minimum atomic E-state index is -1.40. The van der Waals surface area contributed by atoms with Crippen LogP contribution in [0.25, 0.3) is 11.3 Å². The lowest BCUT2D eigenvalue weighted by molar-refractivity contribution is -0.134. The molecule has 2 aromatic heterocycles. The number of aromatic nitrogens is 3. The Morgan fingerprint density at radius 2 is 1.82 bits per heavy atom. The number of aryl methyl sites for hydroxylation is 2. The van der Waals surface area contributed by atoms with Gasteiger partial charge in [0.05, 0.1) is 47.4 Å². The molecular formula is C43H46F3N9O5. The van der Waals surface area contributed by atoms with Gasteiger partial charge in [-0.05, 0) is 93.0 Å². The molecule has 2 aromatic carbocycles.